The molecule has 1 aliphatic heterocycles. The van der Waals surface area contributed by atoms with Gasteiger partial charge in [0, 0.05) is 36.8 Å². The van der Waals surface area contributed by atoms with Crippen molar-refractivity contribution in [3.8, 4) is 11.5 Å². The Bertz CT molecular complexity index is 806. The van der Waals surface area contributed by atoms with Gasteiger partial charge in [0.2, 0.25) is 5.89 Å². The third-order valence-electron chi connectivity index (χ3n) is 3.89. The molecular formula is C17H16FN3O2S. The third-order valence-corrected chi connectivity index (χ3v) is 4.75. The van der Waals surface area contributed by atoms with E-state index in [2.05, 4.69) is 14.9 Å². The summed E-state index contributed by atoms with van der Waals surface area (Å²) in [5.74, 6) is 0.140. The summed E-state index contributed by atoms with van der Waals surface area (Å²) in [5.41, 5.74) is 1.47. The van der Waals surface area contributed by atoms with Crippen molar-refractivity contribution in [2.75, 3.05) is 19.7 Å². The SMILES string of the molecule is Fc1cccc(-c2nc(CN3CCO[C@H](c4nccs4)C3)co2)c1. The molecule has 1 aliphatic rings. The smallest absolute Gasteiger partial charge is 0.226 e. The summed E-state index contributed by atoms with van der Waals surface area (Å²) in [6.07, 6.45) is 3.44. The first-order valence-corrected chi connectivity index (χ1v) is 8.59. The van der Waals surface area contributed by atoms with Gasteiger partial charge in [-0.25, -0.2) is 14.4 Å². The number of oxazole rings is 1. The van der Waals surface area contributed by atoms with E-state index < -0.39 is 0 Å². The Morgan fingerprint density at radius 3 is 3.17 bits per heavy atom. The van der Waals surface area contributed by atoms with Gasteiger partial charge in [-0.2, -0.15) is 0 Å². The topological polar surface area (TPSA) is 51.4 Å². The monoisotopic (exact) mass is 345 g/mol. The van der Waals surface area contributed by atoms with E-state index in [9.17, 15) is 4.39 Å². The van der Waals surface area contributed by atoms with Gasteiger partial charge in [-0.1, -0.05) is 6.07 Å². The van der Waals surface area contributed by atoms with Gasteiger partial charge in [0.15, 0.2) is 0 Å². The van der Waals surface area contributed by atoms with Crippen molar-refractivity contribution >= 4 is 11.3 Å². The Balaban J connectivity index is 1.44. The lowest BCUT2D eigenvalue weighted by Crippen LogP contribution is -2.37. The predicted octanol–water partition coefficient (Wildman–Crippen LogP) is 3.51. The molecule has 0 bridgehead atoms. The van der Waals surface area contributed by atoms with E-state index in [0.29, 0.717) is 24.6 Å². The molecule has 0 saturated carbocycles. The maximum absolute atomic E-state index is 13.3. The first-order chi connectivity index (χ1) is 11.8. The molecule has 1 saturated heterocycles. The van der Waals surface area contributed by atoms with Gasteiger partial charge in [0.1, 0.15) is 23.2 Å². The fourth-order valence-corrected chi connectivity index (χ4v) is 3.43. The molecule has 0 unspecified atom stereocenters. The number of benzene rings is 1. The van der Waals surface area contributed by atoms with Gasteiger partial charge >= 0.3 is 0 Å². The van der Waals surface area contributed by atoms with E-state index >= 15 is 0 Å². The van der Waals surface area contributed by atoms with E-state index in [4.69, 9.17) is 9.15 Å². The lowest BCUT2D eigenvalue weighted by Gasteiger charge is -2.31. The van der Waals surface area contributed by atoms with Crippen molar-refractivity contribution in [1.29, 1.82) is 0 Å². The van der Waals surface area contributed by atoms with Gasteiger partial charge in [-0.3, -0.25) is 4.90 Å². The van der Waals surface area contributed by atoms with Crippen molar-refractivity contribution in [2.45, 2.75) is 12.6 Å². The average molecular weight is 345 g/mol. The molecule has 3 heterocycles. The average Bonchev–Trinajstić information content (AvgIpc) is 3.27. The van der Waals surface area contributed by atoms with Crippen LogP contribution in [0.5, 0.6) is 0 Å². The number of ether oxygens (including phenoxy) is 1. The largest absolute Gasteiger partial charge is 0.444 e. The highest BCUT2D eigenvalue weighted by Crippen LogP contribution is 2.25. The van der Waals surface area contributed by atoms with Crippen molar-refractivity contribution in [2.24, 2.45) is 0 Å². The summed E-state index contributed by atoms with van der Waals surface area (Å²) < 4.78 is 24.6. The van der Waals surface area contributed by atoms with Crippen LogP contribution in [0.15, 0.2) is 46.5 Å². The highest BCUT2D eigenvalue weighted by Gasteiger charge is 2.24. The second kappa shape index (κ2) is 6.80. The number of thiazole rings is 1. The molecule has 24 heavy (non-hydrogen) atoms. The molecule has 0 aliphatic carbocycles. The fourth-order valence-electron chi connectivity index (χ4n) is 2.75. The number of aromatic nitrogens is 2. The third kappa shape index (κ3) is 3.38. The van der Waals surface area contributed by atoms with Crippen LogP contribution in [0.2, 0.25) is 0 Å². The van der Waals surface area contributed by atoms with Crippen LogP contribution in [0.25, 0.3) is 11.5 Å². The summed E-state index contributed by atoms with van der Waals surface area (Å²) in [6, 6.07) is 6.25. The quantitative estimate of drug-likeness (QED) is 0.724. The zero-order chi connectivity index (χ0) is 16.4. The van der Waals surface area contributed by atoms with Crippen molar-refractivity contribution in [3.63, 3.8) is 0 Å². The summed E-state index contributed by atoms with van der Waals surface area (Å²) in [5, 5.41) is 2.96. The van der Waals surface area contributed by atoms with Crippen molar-refractivity contribution in [1.82, 2.24) is 14.9 Å². The van der Waals surface area contributed by atoms with Crippen molar-refractivity contribution in [3.05, 3.63) is 58.6 Å². The first-order valence-electron chi connectivity index (χ1n) is 7.71. The molecule has 124 valence electrons. The van der Waals surface area contributed by atoms with Gasteiger partial charge in [-0.15, -0.1) is 11.3 Å². The molecule has 1 aromatic carbocycles. The molecule has 0 radical (unpaired) electrons. The van der Waals surface area contributed by atoms with E-state index in [-0.39, 0.29) is 11.9 Å². The summed E-state index contributed by atoms with van der Waals surface area (Å²) >= 11 is 1.61. The highest BCUT2D eigenvalue weighted by atomic mass is 32.1. The lowest BCUT2D eigenvalue weighted by atomic mass is 10.2. The Kier molecular flexibility index (Phi) is 4.38. The molecule has 4 rings (SSSR count). The molecule has 0 N–H and O–H groups in total. The molecule has 1 atom stereocenters. The zero-order valence-corrected chi connectivity index (χ0v) is 13.7. The second-order valence-corrected chi connectivity index (χ2v) is 6.55. The molecule has 2 aromatic heterocycles. The number of hydrogen-bond donors (Lipinski definition) is 0. The van der Waals surface area contributed by atoms with Crippen LogP contribution in [0.3, 0.4) is 0 Å². The minimum absolute atomic E-state index is 0.00772. The number of nitrogens with zero attached hydrogens (tertiary/aromatic N) is 3. The maximum Gasteiger partial charge on any atom is 0.226 e. The fraction of sp³-hybridized carbons (Fsp3) is 0.294. The van der Waals surface area contributed by atoms with E-state index in [1.807, 2.05) is 5.38 Å². The molecule has 1 fully saturated rings. The van der Waals surface area contributed by atoms with Gasteiger partial charge in [0.25, 0.3) is 0 Å². The van der Waals surface area contributed by atoms with Crippen LogP contribution in [0.1, 0.15) is 16.8 Å². The van der Waals surface area contributed by atoms with Gasteiger partial charge in [-0.05, 0) is 18.2 Å². The van der Waals surface area contributed by atoms with E-state index in [1.165, 1.54) is 12.1 Å². The Morgan fingerprint density at radius 2 is 2.33 bits per heavy atom. The number of halogens is 1. The minimum atomic E-state index is -0.299. The molecule has 7 heteroatoms. The minimum Gasteiger partial charge on any atom is -0.444 e. The summed E-state index contributed by atoms with van der Waals surface area (Å²) in [7, 11) is 0. The maximum atomic E-state index is 13.3. The summed E-state index contributed by atoms with van der Waals surface area (Å²) in [6.45, 7) is 2.95. The Morgan fingerprint density at radius 1 is 1.38 bits per heavy atom. The molecular weight excluding hydrogens is 329 g/mol. The molecule has 3 aromatic rings. The summed E-state index contributed by atoms with van der Waals surface area (Å²) in [4.78, 5) is 11.1. The zero-order valence-electron chi connectivity index (χ0n) is 12.9. The second-order valence-electron chi connectivity index (χ2n) is 5.62. The first kappa shape index (κ1) is 15.4. The van der Waals surface area contributed by atoms with E-state index in [0.717, 1.165) is 23.8 Å². The highest BCUT2D eigenvalue weighted by molar-refractivity contribution is 7.09. The molecule has 0 spiro atoms. The van der Waals surface area contributed by atoms with E-state index in [1.54, 1.807) is 35.9 Å². The van der Waals surface area contributed by atoms with Crippen LogP contribution in [0.4, 0.5) is 4.39 Å². The molecule has 5 nitrogen and oxygen atoms in total. The van der Waals surface area contributed by atoms with Crippen LogP contribution in [0, 0.1) is 5.82 Å². The number of morpholine rings is 1. The standard InChI is InChI=1S/C17H16FN3O2S/c18-13-3-1-2-12(8-13)16-20-14(11-23-16)9-21-5-6-22-15(10-21)17-19-4-7-24-17/h1-4,7-8,11,15H,5-6,9-10H2/t15-/m0/s1. The van der Waals surface area contributed by atoms with Crippen molar-refractivity contribution < 1.29 is 13.5 Å². The normalized spacial score (nSPS) is 18.8. The Hall–Kier alpha value is -2.09. The van der Waals surface area contributed by atoms with Crippen LogP contribution in [-0.4, -0.2) is 34.6 Å². The molecule has 0 amide bonds. The lowest BCUT2D eigenvalue weighted by molar-refractivity contribution is -0.0333. The van der Waals surface area contributed by atoms with Gasteiger partial charge in [0.05, 0.1) is 12.3 Å². The van der Waals surface area contributed by atoms with Crippen LogP contribution in [-0.2, 0) is 11.3 Å². The predicted molar refractivity (Wildman–Crippen MR) is 88.0 cm³/mol. The van der Waals surface area contributed by atoms with Crippen LogP contribution >= 0.6 is 11.3 Å². The number of rotatable bonds is 4. The Labute approximate surface area is 142 Å². The van der Waals surface area contributed by atoms with Crippen LogP contribution < -0.4 is 0 Å². The van der Waals surface area contributed by atoms with Gasteiger partial charge < -0.3 is 9.15 Å². The number of hydrogen-bond acceptors (Lipinski definition) is 6.